The number of amides is 1. The Bertz CT molecular complexity index is 341. The molecule has 1 saturated heterocycles. The number of esters is 1. The number of carbonyl (C=O) groups excluding carboxylic acids is 2. The van der Waals surface area contributed by atoms with E-state index in [-0.39, 0.29) is 36.3 Å². The molecule has 0 aromatic heterocycles. The van der Waals surface area contributed by atoms with Crippen molar-refractivity contribution in [3.8, 4) is 0 Å². The van der Waals surface area contributed by atoms with Gasteiger partial charge in [-0.15, -0.1) is 12.4 Å². The Morgan fingerprint density at radius 3 is 2.52 bits per heavy atom. The van der Waals surface area contributed by atoms with E-state index < -0.39 is 12.1 Å². The fourth-order valence-electron chi connectivity index (χ4n) is 2.22. The lowest BCUT2D eigenvalue weighted by Gasteiger charge is -2.24. The first-order valence-electron chi connectivity index (χ1n) is 7.35. The number of carbonyl (C=O) groups is 2. The van der Waals surface area contributed by atoms with E-state index in [9.17, 15) is 9.59 Å². The third-order valence-electron chi connectivity index (χ3n) is 3.71. The third kappa shape index (κ3) is 5.80. The maximum Gasteiger partial charge on any atom is 0.328 e. The summed E-state index contributed by atoms with van der Waals surface area (Å²) < 4.78 is 10.6. The van der Waals surface area contributed by atoms with Crippen LogP contribution in [0.1, 0.15) is 40.0 Å². The summed E-state index contributed by atoms with van der Waals surface area (Å²) in [5, 5.41) is 2.76. The van der Waals surface area contributed by atoms with Crippen molar-refractivity contribution >= 4 is 24.3 Å². The van der Waals surface area contributed by atoms with Crippen LogP contribution in [0.3, 0.4) is 0 Å². The average Bonchev–Trinajstić information content (AvgIpc) is 2.92. The van der Waals surface area contributed by atoms with Crippen LogP contribution in [-0.2, 0) is 19.1 Å². The van der Waals surface area contributed by atoms with E-state index in [2.05, 4.69) is 5.32 Å². The zero-order valence-electron chi connectivity index (χ0n) is 13.0. The topological polar surface area (TPSA) is 90.7 Å². The third-order valence-corrected chi connectivity index (χ3v) is 3.71. The number of nitrogens with two attached hydrogens (primary N) is 1. The van der Waals surface area contributed by atoms with E-state index in [1.54, 1.807) is 6.92 Å². The second-order valence-corrected chi connectivity index (χ2v) is 5.18. The summed E-state index contributed by atoms with van der Waals surface area (Å²) >= 11 is 0. The predicted octanol–water partition coefficient (Wildman–Crippen LogP) is 1.01. The van der Waals surface area contributed by atoms with Crippen LogP contribution in [0.15, 0.2) is 0 Å². The molecule has 1 aliphatic heterocycles. The lowest BCUT2D eigenvalue weighted by atomic mass is 9.99. The van der Waals surface area contributed by atoms with Gasteiger partial charge in [-0.1, -0.05) is 20.3 Å². The van der Waals surface area contributed by atoms with Crippen molar-refractivity contribution in [1.29, 1.82) is 0 Å². The van der Waals surface area contributed by atoms with Crippen LogP contribution in [0.5, 0.6) is 0 Å². The molecular weight excluding hydrogens is 296 g/mol. The molecule has 4 atom stereocenters. The van der Waals surface area contributed by atoms with Gasteiger partial charge in [0.15, 0.2) is 0 Å². The summed E-state index contributed by atoms with van der Waals surface area (Å²) in [6.07, 6.45) is 1.63. The largest absolute Gasteiger partial charge is 0.464 e. The minimum absolute atomic E-state index is 0. The van der Waals surface area contributed by atoms with Crippen LogP contribution in [-0.4, -0.2) is 43.3 Å². The normalized spacial score (nSPS) is 23.8. The zero-order valence-corrected chi connectivity index (χ0v) is 13.8. The van der Waals surface area contributed by atoms with E-state index in [1.165, 1.54) is 0 Å². The summed E-state index contributed by atoms with van der Waals surface area (Å²) in [4.78, 5) is 24.1. The highest BCUT2D eigenvalue weighted by atomic mass is 35.5. The van der Waals surface area contributed by atoms with Gasteiger partial charge in [-0.05, 0) is 25.7 Å². The second-order valence-electron chi connectivity index (χ2n) is 5.18. The van der Waals surface area contributed by atoms with Gasteiger partial charge in [-0.3, -0.25) is 4.79 Å². The Morgan fingerprint density at radius 2 is 2.05 bits per heavy atom. The van der Waals surface area contributed by atoms with Crippen molar-refractivity contribution in [3.05, 3.63) is 0 Å². The van der Waals surface area contributed by atoms with Gasteiger partial charge in [-0.2, -0.15) is 0 Å². The van der Waals surface area contributed by atoms with Crippen LogP contribution in [0.2, 0.25) is 0 Å². The van der Waals surface area contributed by atoms with Crippen LogP contribution >= 0.6 is 12.4 Å². The van der Waals surface area contributed by atoms with Crippen molar-refractivity contribution in [1.82, 2.24) is 5.32 Å². The van der Waals surface area contributed by atoms with E-state index in [1.807, 2.05) is 13.8 Å². The Morgan fingerprint density at radius 1 is 1.38 bits per heavy atom. The van der Waals surface area contributed by atoms with Crippen LogP contribution in [0.4, 0.5) is 0 Å². The lowest BCUT2D eigenvalue weighted by molar-refractivity contribution is -0.150. The Kier molecular flexibility index (Phi) is 9.57. The minimum Gasteiger partial charge on any atom is -0.464 e. The van der Waals surface area contributed by atoms with Gasteiger partial charge < -0.3 is 20.5 Å². The number of hydrogen-bond donors (Lipinski definition) is 2. The van der Waals surface area contributed by atoms with Crippen molar-refractivity contribution < 1.29 is 19.1 Å². The molecule has 0 saturated carbocycles. The first-order valence-corrected chi connectivity index (χ1v) is 7.35. The Labute approximate surface area is 132 Å². The molecule has 1 heterocycles. The molecule has 1 fully saturated rings. The number of ether oxygens (including phenoxy) is 2. The van der Waals surface area contributed by atoms with Gasteiger partial charge >= 0.3 is 5.97 Å². The molecule has 21 heavy (non-hydrogen) atoms. The minimum atomic E-state index is -0.618. The lowest BCUT2D eigenvalue weighted by Crippen LogP contribution is -2.49. The smallest absolute Gasteiger partial charge is 0.328 e. The summed E-state index contributed by atoms with van der Waals surface area (Å²) in [6.45, 7) is 6.35. The van der Waals surface area contributed by atoms with Gasteiger partial charge in [0, 0.05) is 6.54 Å². The molecule has 1 rings (SSSR count). The molecule has 6 nitrogen and oxygen atoms in total. The predicted molar refractivity (Wildman–Crippen MR) is 82.2 cm³/mol. The summed E-state index contributed by atoms with van der Waals surface area (Å²) in [5.41, 5.74) is 5.52. The first kappa shape index (κ1) is 20.1. The van der Waals surface area contributed by atoms with Crippen molar-refractivity contribution in [2.24, 2.45) is 11.7 Å². The fraction of sp³-hybridized carbons (Fsp3) is 0.857. The molecule has 0 spiro atoms. The number of hydrogen-bond acceptors (Lipinski definition) is 5. The highest BCUT2D eigenvalue weighted by Gasteiger charge is 2.34. The first-order chi connectivity index (χ1) is 9.53. The van der Waals surface area contributed by atoms with Crippen LogP contribution < -0.4 is 11.1 Å². The standard InChI is InChI=1S/C14H26N2O4.ClH/c1-4-9(3)12(14(18)19-5-2)16-13(17)11-7-6-10(8-15)20-11;/h9-12H,4-8,15H2,1-3H3,(H,16,17);1H/t9?,10-,11+,12?;/m1./s1. The van der Waals surface area contributed by atoms with Gasteiger partial charge in [0.1, 0.15) is 12.1 Å². The molecule has 7 heteroatoms. The van der Waals surface area contributed by atoms with E-state index in [4.69, 9.17) is 15.2 Å². The molecule has 3 N–H and O–H groups in total. The summed E-state index contributed by atoms with van der Waals surface area (Å²) in [7, 11) is 0. The summed E-state index contributed by atoms with van der Waals surface area (Å²) in [5.74, 6) is -0.618. The van der Waals surface area contributed by atoms with Gasteiger partial charge in [0.05, 0.1) is 12.7 Å². The maximum atomic E-state index is 12.2. The molecule has 2 unspecified atom stereocenters. The molecule has 0 aromatic rings. The molecule has 0 radical (unpaired) electrons. The Balaban J connectivity index is 0.00000400. The van der Waals surface area contributed by atoms with E-state index >= 15 is 0 Å². The monoisotopic (exact) mass is 322 g/mol. The Hall–Kier alpha value is -0.850. The molecular formula is C14H27ClN2O4. The van der Waals surface area contributed by atoms with Gasteiger partial charge in [0.25, 0.3) is 0 Å². The summed E-state index contributed by atoms with van der Waals surface area (Å²) in [6, 6.07) is -0.618. The second kappa shape index (κ2) is 9.97. The molecule has 1 aliphatic rings. The maximum absolute atomic E-state index is 12.2. The number of halogens is 1. The molecule has 0 aliphatic carbocycles. The van der Waals surface area contributed by atoms with Crippen molar-refractivity contribution in [2.75, 3.05) is 13.2 Å². The number of rotatable bonds is 7. The van der Waals surface area contributed by atoms with Gasteiger partial charge in [-0.25, -0.2) is 4.79 Å². The molecule has 1 amide bonds. The van der Waals surface area contributed by atoms with E-state index in [0.717, 1.165) is 12.8 Å². The van der Waals surface area contributed by atoms with Crippen molar-refractivity contribution in [2.45, 2.75) is 58.3 Å². The SMILES string of the molecule is CCOC(=O)C(NC(=O)[C@@H]1CC[C@H](CN)O1)C(C)CC.Cl. The average molecular weight is 323 g/mol. The zero-order chi connectivity index (χ0) is 15.1. The van der Waals surface area contributed by atoms with E-state index in [0.29, 0.717) is 19.6 Å². The van der Waals surface area contributed by atoms with Crippen LogP contribution in [0.25, 0.3) is 0 Å². The molecule has 124 valence electrons. The number of nitrogens with one attached hydrogen (secondary N) is 1. The highest BCUT2D eigenvalue weighted by Crippen LogP contribution is 2.20. The molecule has 0 bridgehead atoms. The van der Waals surface area contributed by atoms with Crippen molar-refractivity contribution in [3.63, 3.8) is 0 Å². The van der Waals surface area contributed by atoms with Crippen LogP contribution in [0, 0.1) is 5.92 Å². The molecule has 0 aromatic carbocycles. The fourth-order valence-corrected chi connectivity index (χ4v) is 2.22. The quantitative estimate of drug-likeness (QED) is 0.683. The van der Waals surface area contributed by atoms with Gasteiger partial charge in [0.2, 0.25) is 5.91 Å². The highest BCUT2D eigenvalue weighted by molar-refractivity contribution is 5.87.